The van der Waals surface area contributed by atoms with E-state index in [0.717, 1.165) is 21.3 Å². The summed E-state index contributed by atoms with van der Waals surface area (Å²) in [6, 6.07) is 3.67. The molecule has 120 valence electrons. The molecular formula is C17H15N5OS. The normalized spacial score (nSPS) is 11.4. The summed E-state index contributed by atoms with van der Waals surface area (Å²) in [5.41, 5.74) is 2.36. The molecule has 6 nitrogen and oxygen atoms in total. The van der Waals surface area contributed by atoms with E-state index in [9.17, 15) is 4.79 Å². The van der Waals surface area contributed by atoms with Crippen LogP contribution >= 0.6 is 11.3 Å². The van der Waals surface area contributed by atoms with E-state index in [1.807, 2.05) is 12.1 Å². The van der Waals surface area contributed by atoms with E-state index in [1.165, 1.54) is 9.39 Å². The van der Waals surface area contributed by atoms with E-state index in [1.54, 1.807) is 34.4 Å². The fraction of sp³-hybridized carbons (Fsp3) is 0.176. The summed E-state index contributed by atoms with van der Waals surface area (Å²) in [7, 11) is 0. The van der Waals surface area contributed by atoms with Crippen molar-refractivity contribution in [3.8, 4) is 11.4 Å². The zero-order chi connectivity index (χ0) is 16.8. The molecule has 4 rings (SSSR count). The second-order valence-electron chi connectivity index (χ2n) is 5.55. The number of rotatable bonds is 3. The summed E-state index contributed by atoms with van der Waals surface area (Å²) in [6.45, 7) is 8.31. The maximum absolute atomic E-state index is 12.9. The lowest BCUT2D eigenvalue weighted by molar-refractivity contribution is 0.733. The van der Waals surface area contributed by atoms with Crippen LogP contribution in [0, 0.1) is 13.8 Å². The first kappa shape index (κ1) is 14.8. The summed E-state index contributed by atoms with van der Waals surface area (Å²) < 4.78 is 3.09. The minimum atomic E-state index is -0.202. The Bertz CT molecular complexity index is 1140. The molecule has 0 unspecified atom stereocenters. The van der Waals surface area contributed by atoms with Gasteiger partial charge in [-0.25, -0.2) is 9.78 Å². The molecule has 0 aliphatic carbocycles. The highest BCUT2D eigenvalue weighted by atomic mass is 32.1. The Morgan fingerprint density at radius 2 is 2.04 bits per heavy atom. The van der Waals surface area contributed by atoms with Gasteiger partial charge in [-0.2, -0.15) is 4.52 Å². The first-order chi connectivity index (χ1) is 11.6. The molecule has 4 aromatic rings. The van der Waals surface area contributed by atoms with Crippen LogP contribution in [0.15, 0.2) is 42.0 Å². The minimum Gasteiger partial charge on any atom is -0.279 e. The average molecular weight is 337 g/mol. The van der Waals surface area contributed by atoms with Gasteiger partial charge in [0, 0.05) is 29.4 Å². The van der Waals surface area contributed by atoms with Crippen molar-refractivity contribution < 1.29 is 0 Å². The summed E-state index contributed by atoms with van der Waals surface area (Å²) in [5.74, 6) is 0.524. The van der Waals surface area contributed by atoms with Gasteiger partial charge in [-0.15, -0.1) is 23.0 Å². The van der Waals surface area contributed by atoms with Gasteiger partial charge in [-0.3, -0.25) is 9.55 Å². The molecule has 0 spiro atoms. The Kier molecular flexibility index (Phi) is 3.31. The van der Waals surface area contributed by atoms with Crippen LogP contribution in [-0.4, -0.2) is 24.1 Å². The molecule has 0 saturated heterocycles. The lowest BCUT2D eigenvalue weighted by Crippen LogP contribution is -2.27. The molecule has 4 heterocycles. The van der Waals surface area contributed by atoms with Crippen LogP contribution in [0.2, 0.25) is 0 Å². The number of hydrogen-bond acceptors (Lipinski definition) is 5. The van der Waals surface area contributed by atoms with Gasteiger partial charge in [0.25, 0.3) is 0 Å². The highest BCUT2D eigenvalue weighted by Crippen LogP contribution is 2.32. The molecule has 4 aromatic heterocycles. The third-order valence-electron chi connectivity index (χ3n) is 4.10. The van der Waals surface area contributed by atoms with Crippen molar-refractivity contribution in [3.05, 3.63) is 58.1 Å². The lowest BCUT2D eigenvalue weighted by Gasteiger charge is -2.05. The van der Waals surface area contributed by atoms with Crippen LogP contribution < -0.4 is 5.69 Å². The topological polar surface area (TPSA) is 65.1 Å². The van der Waals surface area contributed by atoms with Gasteiger partial charge in [0.15, 0.2) is 11.5 Å². The maximum atomic E-state index is 12.9. The SMILES string of the molecule is C=CCn1c(=O)n2nc(-c3ccncc3)nc2c2c(C)c(C)sc21. The Morgan fingerprint density at radius 1 is 1.29 bits per heavy atom. The second-order valence-corrected chi connectivity index (χ2v) is 6.76. The number of hydrogen-bond donors (Lipinski definition) is 0. The molecule has 24 heavy (non-hydrogen) atoms. The Hall–Kier alpha value is -2.80. The smallest absolute Gasteiger partial charge is 0.279 e. The number of thiophene rings is 1. The summed E-state index contributed by atoms with van der Waals surface area (Å²) >= 11 is 1.60. The zero-order valence-corrected chi connectivity index (χ0v) is 14.2. The summed E-state index contributed by atoms with van der Waals surface area (Å²) in [5, 5.41) is 5.42. The predicted molar refractivity (Wildman–Crippen MR) is 95.5 cm³/mol. The number of allylic oxidation sites excluding steroid dienone is 1. The molecule has 0 amide bonds. The van der Waals surface area contributed by atoms with Gasteiger partial charge in [0.2, 0.25) is 0 Å². The molecule has 0 radical (unpaired) electrons. The molecular weight excluding hydrogens is 322 g/mol. The highest BCUT2D eigenvalue weighted by molar-refractivity contribution is 7.19. The largest absolute Gasteiger partial charge is 0.352 e. The molecule has 0 aliphatic heterocycles. The molecule has 0 N–H and O–H groups in total. The molecule has 0 bridgehead atoms. The molecule has 0 aliphatic rings. The zero-order valence-electron chi connectivity index (χ0n) is 13.4. The molecule has 0 fully saturated rings. The Balaban J connectivity index is 2.16. The number of aromatic nitrogens is 5. The second kappa shape index (κ2) is 5.38. The van der Waals surface area contributed by atoms with Gasteiger partial charge in [0.05, 0.1) is 5.39 Å². The maximum Gasteiger partial charge on any atom is 0.352 e. The first-order valence-corrected chi connectivity index (χ1v) is 8.34. The Labute approximate surface area is 141 Å². The third kappa shape index (κ3) is 2.01. The van der Waals surface area contributed by atoms with Crippen LogP contribution in [0.5, 0.6) is 0 Å². The van der Waals surface area contributed by atoms with Crippen LogP contribution in [0.4, 0.5) is 0 Å². The molecule has 0 aromatic carbocycles. The first-order valence-electron chi connectivity index (χ1n) is 7.52. The van der Waals surface area contributed by atoms with Gasteiger partial charge in [-0.05, 0) is 31.5 Å². The summed E-state index contributed by atoms with van der Waals surface area (Å²) in [6.07, 6.45) is 5.09. The van der Waals surface area contributed by atoms with E-state index in [4.69, 9.17) is 0 Å². The van der Waals surface area contributed by atoms with Crippen LogP contribution in [0.1, 0.15) is 10.4 Å². The van der Waals surface area contributed by atoms with E-state index in [0.29, 0.717) is 18.0 Å². The minimum absolute atomic E-state index is 0.202. The van der Waals surface area contributed by atoms with Crippen LogP contribution in [-0.2, 0) is 6.54 Å². The van der Waals surface area contributed by atoms with E-state index < -0.39 is 0 Å². The quantitative estimate of drug-likeness (QED) is 0.539. The lowest BCUT2D eigenvalue weighted by atomic mass is 10.2. The van der Waals surface area contributed by atoms with Crippen LogP contribution in [0.25, 0.3) is 27.3 Å². The van der Waals surface area contributed by atoms with E-state index in [2.05, 4.69) is 35.5 Å². The number of pyridine rings is 1. The fourth-order valence-electron chi connectivity index (χ4n) is 2.78. The van der Waals surface area contributed by atoms with Gasteiger partial charge < -0.3 is 0 Å². The highest BCUT2D eigenvalue weighted by Gasteiger charge is 2.19. The van der Waals surface area contributed by atoms with Crippen molar-refractivity contribution in [2.75, 3.05) is 0 Å². The summed E-state index contributed by atoms with van der Waals surface area (Å²) in [4.78, 5) is 23.6. The van der Waals surface area contributed by atoms with E-state index >= 15 is 0 Å². The molecule has 0 saturated carbocycles. The number of fused-ring (bicyclic) bond motifs is 3. The monoisotopic (exact) mass is 337 g/mol. The fourth-order valence-corrected chi connectivity index (χ4v) is 3.94. The van der Waals surface area contributed by atoms with Crippen molar-refractivity contribution in [2.24, 2.45) is 0 Å². The van der Waals surface area contributed by atoms with Crippen molar-refractivity contribution >= 4 is 27.2 Å². The average Bonchev–Trinajstić information content (AvgIpc) is 3.15. The van der Waals surface area contributed by atoms with Crippen LogP contribution in [0.3, 0.4) is 0 Å². The van der Waals surface area contributed by atoms with Gasteiger partial charge in [0.1, 0.15) is 4.83 Å². The standard InChI is InChI=1S/C17H15N5OS/c1-4-9-21-16-13(10(2)11(3)24-16)15-19-14(20-22(15)17(21)23)12-5-7-18-8-6-12/h4-8H,1,9H2,2-3H3. The van der Waals surface area contributed by atoms with Crippen molar-refractivity contribution in [1.82, 2.24) is 24.1 Å². The number of nitrogens with zero attached hydrogens (tertiary/aromatic N) is 5. The Morgan fingerprint density at radius 3 is 2.75 bits per heavy atom. The van der Waals surface area contributed by atoms with Gasteiger partial charge in [-0.1, -0.05) is 6.08 Å². The predicted octanol–water partition coefficient (Wildman–Crippen LogP) is 2.97. The van der Waals surface area contributed by atoms with E-state index in [-0.39, 0.29) is 5.69 Å². The van der Waals surface area contributed by atoms with Crippen molar-refractivity contribution in [2.45, 2.75) is 20.4 Å². The van der Waals surface area contributed by atoms with Crippen molar-refractivity contribution in [1.29, 1.82) is 0 Å². The third-order valence-corrected chi connectivity index (χ3v) is 5.34. The van der Waals surface area contributed by atoms with Gasteiger partial charge >= 0.3 is 5.69 Å². The molecule has 0 atom stereocenters. The molecule has 7 heteroatoms. The van der Waals surface area contributed by atoms with Crippen molar-refractivity contribution in [3.63, 3.8) is 0 Å². The number of aryl methyl sites for hydroxylation is 2.